The second-order valence-electron chi connectivity index (χ2n) is 9.78. The Labute approximate surface area is 227 Å². The van der Waals surface area contributed by atoms with Crippen LogP contribution in [0.1, 0.15) is 33.7 Å². The molecule has 0 radical (unpaired) electrons. The lowest BCUT2D eigenvalue weighted by atomic mass is 10.1. The van der Waals surface area contributed by atoms with Crippen LogP contribution in [0.25, 0.3) is 22.0 Å². The largest absolute Gasteiger partial charge is 0.457 e. The Morgan fingerprint density at radius 2 is 1.69 bits per heavy atom. The first-order valence-electron chi connectivity index (χ1n) is 12.9. The van der Waals surface area contributed by atoms with Crippen LogP contribution >= 0.6 is 0 Å². The van der Waals surface area contributed by atoms with Crippen molar-refractivity contribution < 1.29 is 9.53 Å². The van der Waals surface area contributed by atoms with Crippen LogP contribution in [-0.2, 0) is 0 Å². The number of carbonyl (C=O) groups excluding carboxylic acids is 1. The van der Waals surface area contributed by atoms with Crippen molar-refractivity contribution in [2.24, 2.45) is 0 Å². The van der Waals surface area contributed by atoms with Gasteiger partial charge in [-0.2, -0.15) is 5.10 Å². The highest BCUT2D eigenvalue weighted by Crippen LogP contribution is 2.31. The van der Waals surface area contributed by atoms with Gasteiger partial charge in [0.2, 0.25) is 0 Å². The number of fused-ring (bicyclic) bond motifs is 1. The summed E-state index contributed by atoms with van der Waals surface area (Å²) in [6, 6.07) is 18.9. The zero-order chi connectivity index (χ0) is 27.4. The summed E-state index contributed by atoms with van der Waals surface area (Å²) in [4.78, 5) is 21.4. The molecule has 39 heavy (non-hydrogen) atoms. The monoisotopic (exact) mass is 521 g/mol. The molecule has 2 amide bonds. The zero-order valence-electron chi connectivity index (χ0n) is 22.3. The SMILES string of the molecule is CC(C)Nc1cc(Oc2ccc(NC(=O)Nc3cn(C(C)C)nc3-c3ccc4cnccc4c3)cc2)ccn1. The summed E-state index contributed by atoms with van der Waals surface area (Å²) in [6.45, 7) is 8.19. The Hall–Kier alpha value is -4.92. The molecule has 0 atom stereocenters. The summed E-state index contributed by atoms with van der Waals surface area (Å²) in [5.41, 5.74) is 2.86. The number of amides is 2. The normalized spacial score (nSPS) is 11.1. The van der Waals surface area contributed by atoms with Gasteiger partial charge in [-0.05, 0) is 75.5 Å². The number of aromatic nitrogens is 4. The Morgan fingerprint density at radius 1 is 0.872 bits per heavy atom. The maximum Gasteiger partial charge on any atom is 0.323 e. The number of nitrogens with one attached hydrogen (secondary N) is 3. The molecular weight excluding hydrogens is 490 g/mol. The van der Waals surface area contributed by atoms with Crippen molar-refractivity contribution in [1.82, 2.24) is 19.7 Å². The molecule has 5 aromatic rings. The van der Waals surface area contributed by atoms with Gasteiger partial charge < -0.3 is 20.7 Å². The molecule has 0 aliphatic heterocycles. The number of hydrogen-bond donors (Lipinski definition) is 3. The van der Waals surface area contributed by atoms with E-state index < -0.39 is 0 Å². The molecular formula is C30H31N7O2. The number of hydrogen-bond acceptors (Lipinski definition) is 6. The van der Waals surface area contributed by atoms with E-state index in [1.54, 1.807) is 42.7 Å². The standard InChI is InChI=1S/C30H31N7O2/c1-19(2)33-28-16-26(12-14-32-28)39-25-9-7-24(8-10-25)34-30(38)35-27-18-37(20(3)4)36-29(27)22-5-6-23-17-31-13-11-21(23)15-22/h5-20H,1-4H3,(H,32,33)(H2,34,35,38). The number of nitrogens with zero attached hydrogens (tertiary/aromatic N) is 4. The number of urea groups is 1. The fraction of sp³-hybridized carbons (Fsp3) is 0.200. The fourth-order valence-corrected chi connectivity index (χ4v) is 4.07. The van der Waals surface area contributed by atoms with Gasteiger partial charge in [0.05, 0.1) is 5.69 Å². The molecule has 3 heterocycles. The van der Waals surface area contributed by atoms with Gasteiger partial charge in [-0.25, -0.2) is 9.78 Å². The zero-order valence-corrected chi connectivity index (χ0v) is 22.3. The Balaban J connectivity index is 1.28. The van der Waals surface area contributed by atoms with E-state index in [9.17, 15) is 4.79 Å². The number of carbonyl (C=O) groups is 1. The van der Waals surface area contributed by atoms with Crippen LogP contribution in [0.2, 0.25) is 0 Å². The molecule has 9 heteroatoms. The van der Waals surface area contributed by atoms with E-state index in [2.05, 4.69) is 45.8 Å². The Kier molecular flexibility index (Phi) is 7.40. The number of anilines is 3. The van der Waals surface area contributed by atoms with Crippen LogP contribution in [0, 0.1) is 0 Å². The van der Waals surface area contributed by atoms with E-state index in [1.165, 1.54) is 0 Å². The van der Waals surface area contributed by atoms with Crippen molar-refractivity contribution in [2.75, 3.05) is 16.0 Å². The van der Waals surface area contributed by atoms with Gasteiger partial charge in [0, 0.05) is 59.6 Å². The first-order chi connectivity index (χ1) is 18.8. The lowest BCUT2D eigenvalue weighted by Crippen LogP contribution is -2.19. The average Bonchev–Trinajstić information content (AvgIpc) is 3.33. The van der Waals surface area contributed by atoms with E-state index >= 15 is 0 Å². The fourth-order valence-electron chi connectivity index (χ4n) is 4.07. The van der Waals surface area contributed by atoms with Crippen LogP contribution in [0.5, 0.6) is 11.5 Å². The van der Waals surface area contributed by atoms with Gasteiger partial charge in [-0.1, -0.05) is 12.1 Å². The molecule has 198 valence electrons. The van der Waals surface area contributed by atoms with Crippen molar-refractivity contribution in [3.05, 3.63) is 85.5 Å². The summed E-state index contributed by atoms with van der Waals surface area (Å²) >= 11 is 0. The molecule has 0 unspecified atom stereocenters. The highest BCUT2D eigenvalue weighted by molar-refractivity contribution is 6.02. The number of ether oxygens (including phenoxy) is 1. The molecule has 0 fully saturated rings. The summed E-state index contributed by atoms with van der Waals surface area (Å²) in [5, 5.41) is 16.0. The van der Waals surface area contributed by atoms with Gasteiger partial charge in [0.1, 0.15) is 23.0 Å². The highest BCUT2D eigenvalue weighted by atomic mass is 16.5. The van der Waals surface area contributed by atoms with E-state index in [0.29, 0.717) is 28.6 Å². The summed E-state index contributed by atoms with van der Waals surface area (Å²) in [7, 11) is 0. The van der Waals surface area contributed by atoms with E-state index in [1.807, 2.05) is 55.2 Å². The molecule has 9 nitrogen and oxygen atoms in total. The van der Waals surface area contributed by atoms with Crippen molar-refractivity contribution in [2.45, 2.75) is 39.8 Å². The number of rotatable bonds is 8. The van der Waals surface area contributed by atoms with Crippen molar-refractivity contribution in [3.63, 3.8) is 0 Å². The minimum absolute atomic E-state index is 0.136. The van der Waals surface area contributed by atoms with Crippen LogP contribution < -0.4 is 20.7 Å². The van der Waals surface area contributed by atoms with Gasteiger partial charge in [0.15, 0.2) is 0 Å². The third-order valence-electron chi connectivity index (χ3n) is 5.94. The molecule has 0 saturated heterocycles. The minimum atomic E-state index is -0.364. The quantitative estimate of drug-likeness (QED) is 0.197. The molecule has 0 bridgehead atoms. The molecule has 3 aromatic heterocycles. The summed E-state index contributed by atoms with van der Waals surface area (Å²) in [6.07, 6.45) is 7.14. The predicted molar refractivity (Wildman–Crippen MR) is 156 cm³/mol. The lowest BCUT2D eigenvalue weighted by Gasteiger charge is -2.11. The third-order valence-corrected chi connectivity index (χ3v) is 5.94. The first-order valence-corrected chi connectivity index (χ1v) is 12.9. The van der Waals surface area contributed by atoms with E-state index in [-0.39, 0.29) is 18.1 Å². The molecule has 3 N–H and O–H groups in total. The maximum atomic E-state index is 12.9. The molecule has 0 saturated carbocycles. The number of benzene rings is 2. The highest BCUT2D eigenvalue weighted by Gasteiger charge is 2.16. The Morgan fingerprint density at radius 3 is 2.46 bits per heavy atom. The van der Waals surface area contributed by atoms with E-state index in [0.717, 1.165) is 22.2 Å². The van der Waals surface area contributed by atoms with Crippen LogP contribution in [-0.4, -0.2) is 31.8 Å². The van der Waals surface area contributed by atoms with Crippen LogP contribution in [0.3, 0.4) is 0 Å². The van der Waals surface area contributed by atoms with Gasteiger partial charge in [-0.3, -0.25) is 9.67 Å². The second kappa shape index (κ2) is 11.2. The van der Waals surface area contributed by atoms with Crippen molar-refractivity contribution >= 4 is 34.0 Å². The summed E-state index contributed by atoms with van der Waals surface area (Å²) < 4.78 is 7.80. The second-order valence-corrected chi connectivity index (χ2v) is 9.78. The van der Waals surface area contributed by atoms with Gasteiger partial charge in [0.25, 0.3) is 0 Å². The van der Waals surface area contributed by atoms with Gasteiger partial charge in [-0.15, -0.1) is 0 Å². The third kappa shape index (κ3) is 6.32. The average molecular weight is 522 g/mol. The Bertz CT molecular complexity index is 1590. The predicted octanol–water partition coefficient (Wildman–Crippen LogP) is 7.33. The van der Waals surface area contributed by atoms with Crippen molar-refractivity contribution in [1.29, 1.82) is 0 Å². The summed E-state index contributed by atoms with van der Waals surface area (Å²) in [5.74, 6) is 2.07. The first kappa shape index (κ1) is 25.7. The van der Waals surface area contributed by atoms with E-state index in [4.69, 9.17) is 9.84 Å². The lowest BCUT2D eigenvalue weighted by molar-refractivity contribution is 0.262. The minimum Gasteiger partial charge on any atom is -0.457 e. The molecule has 0 aliphatic rings. The van der Waals surface area contributed by atoms with Crippen LogP contribution in [0.15, 0.2) is 85.5 Å². The molecule has 2 aromatic carbocycles. The van der Waals surface area contributed by atoms with Crippen LogP contribution in [0.4, 0.5) is 22.0 Å². The smallest absolute Gasteiger partial charge is 0.323 e. The van der Waals surface area contributed by atoms with Gasteiger partial charge >= 0.3 is 6.03 Å². The molecule has 5 rings (SSSR count). The van der Waals surface area contributed by atoms with Crippen molar-refractivity contribution in [3.8, 4) is 22.8 Å². The topological polar surface area (TPSA) is 106 Å². The number of pyridine rings is 2. The molecule has 0 aliphatic carbocycles. The molecule has 0 spiro atoms. The maximum absolute atomic E-state index is 12.9.